The number of hydrogen-bond acceptors (Lipinski definition) is 5. The van der Waals surface area contributed by atoms with E-state index in [1.165, 1.54) is 6.08 Å². The Kier molecular flexibility index (Phi) is 7.46. The zero-order valence-electron chi connectivity index (χ0n) is 14.7. The first-order valence-corrected chi connectivity index (χ1v) is 8.82. The molecule has 136 valence electrons. The van der Waals surface area contributed by atoms with E-state index in [4.69, 9.17) is 14.2 Å². The standard InChI is InChI=1S/C19H30O5/c1-4-13-6-9-16(18(11-13)23-3)24-19(21)10-7-14-5-8-15(20)17(12-14)22-2/h4,7,10,13-18,20H,1,5-6,8-9,11-12H2,2-3H3/b10-7+. The molecule has 0 spiro atoms. The molecular weight excluding hydrogens is 308 g/mol. The lowest BCUT2D eigenvalue weighted by Gasteiger charge is -2.33. The van der Waals surface area contributed by atoms with Crippen molar-refractivity contribution in [3.63, 3.8) is 0 Å². The smallest absolute Gasteiger partial charge is 0.330 e. The minimum absolute atomic E-state index is 0.0678. The van der Waals surface area contributed by atoms with E-state index in [0.717, 1.165) is 32.1 Å². The molecule has 5 heteroatoms. The Bertz CT molecular complexity index is 447. The van der Waals surface area contributed by atoms with Gasteiger partial charge in [-0.2, -0.15) is 0 Å². The van der Waals surface area contributed by atoms with E-state index in [1.54, 1.807) is 14.2 Å². The van der Waals surface area contributed by atoms with Crippen molar-refractivity contribution in [3.05, 3.63) is 24.8 Å². The van der Waals surface area contributed by atoms with Crippen LogP contribution in [0.4, 0.5) is 0 Å². The molecule has 5 nitrogen and oxygen atoms in total. The maximum Gasteiger partial charge on any atom is 0.330 e. The number of ether oxygens (including phenoxy) is 3. The van der Waals surface area contributed by atoms with E-state index >= 15 is 0 Å². The van der Waals surface area contributed by atoms with Crippen molar-refractivity contribution < 1.29 is 24.1 Å². The Balaban J connectivity index is 1.83. The minimum atomic E-state index is -0.408. The van der Waals surface area contributed by atoms with Crippen LogP contribution in [0.2, 0.25) is 0 Å². The molecule has 0 aromatic carbocycles. The van der Waals surface area contributed by atoms with Crippen LogP contribution in [-0.4, -0.2) is 49.7 Å². The highest BCUT2D eigenvalue weighted by molar-refractivity contribution is 5.82. The Morgan fingerprint density at radius 2 is 1.67 bits per heavy atom. The van der Waals surface area contributed by atoms with Gasteiger partial charge in [-0.25, -0.2) is 4.79 Å². The van der Waals surface area contributed by atoms with E-state index in [9.17, 15) is 9.90 Å². The van der Waals surface area contributed by atoms with Crippen LogP contribution in [0.5, 0.6) is 0 Å². The van der Waals surface area contributed by atoms with Gasteiger partial charge >= 0.3 is 5.97 Å². The quantitative estimate of drug-likeness (QED) is 0.458. The van der Waals surface area contributed by atoms with Gasteiger partial charge in [0, 0.05) is 20.3 Å². The second kappa shape index (κ2) is 9.35. The van der Waals surface area contributed by atoms with E-state index in [2.05, 4.69) is 6.58 Å². The maximum absolute atomic E-state index is 12.1. The van der Waals surface area contributed by atoms with E-state index in [1.807, 2.05) is 12.2 Å². The lowest BCUT2D eigenvalue weighted by Crippen LogP contribution is -2.38. The maximum atomic E-state index is 12.1. The normalized spacial score (nSPS) is 37.3. The summed E-state index contributed by atoms with van der Waals surface area (Å²) >= 11 is 0. The molecule has 6 unspecified atom stereocenters. The summed E-state index contributed by atoms with van der Waals surface area (Å²) in [7, 11) is 3.27. The Labute approximate surface area is 144 Å². The van der Waals surface area contributed by atoms with Crippen molar-refractivity contribution in [2.45, 2.75) is 62.9 Å². The van der Waals surface area contributed by atoms with Crippen LogP contribution in [-0.2, 0) is 19.0 Å². The molecule has 1 N–H and O–H groups in total. The SMILES string of the molecule is C=CC1CCC(OC(=O)/C=C/C2CCC(O)C(OC)C2)C(OC)C1. The van der Waals surface area contributed by atoms with Gasteiger partial charge in [-0.3, -0.25) is 0 Å². The number of esters is 1. The molecule has 0 heterocycles. The molecule has 2 fully saturated rings. The molecule has 0 aliphatic heterocycles. The molecular formula is C19H30O5. The highest BCUT2D eigenvalue weighted by Gasteiger charge is 2.32. The summed E-state index contributed by atoms with van der Waals surface area (Å²) in [6.07, 6.45) is 9.43. The van der Waals surface area contributed by atoms with E-state index in [0.29, 0.717) is 12.3 Å². The minimum Gasteiger partial charge on any atom is -0.456 e. The molecule has 2 aliphatic carbocycles. The zero-order chi connectivity index (χ0) is 17.5. The Hall–Kier alpha value is -1.17. The van der Waals surface area contributed by atoms with Crippen molar-refractivity contribution in [2.24, 2.45) is 11.8 Å². The third-order valence-electron chi connectivity index (χ3n) is 5.28. The predicted molar refractivity (Wildman–Crippen MR) is 91.5 cm³/mol. The van der Waals surface area contributed by atoms with Crippen LogP contribution < -0.4 is 0 Å². The number of methoxy groups -OCH3 is 2. The average molecular weight is 338 g/mol. The first kappa shape index (κ1) is 19.2. The molecule has 2 aliphatic rings. The Morgan fingerprint density at radius 1 is 1.00 bits per heavy atom. The molecule has 0 saturated heterocycles. The highest BCUT2D eigenvalue weighted by atomic mass is 16.6. The van der Waals surface area contributed by atoms with Crippen molar-refractivity contribution in [2.75, 3.05) is 14.2 Å². The first-order chi connectivity index (χ1) is 11.6. The predicted octanol–water partition coefficient (Wildman–Crippen LogP) is 2.63. The lowest BCUT2D eigenvalue weighted by atomic mass is 9.85. The van der Waals surface area contributed by atoms with Gasteiger partial charge in [0.05, 0.1) is 18.3 Å². The number of allylic oxidation sites excluding steroid dienone is 2. The van der Waals surface area contributed by atoms with Gasteiger partial charge in [-0.1, -0.05) is 12.2 Å². The van der Waals surface area contributed by atoms with Crippen molar-refractivity contribution in [3.8, 4) is 0 Å². The number of hydrogen-bond donors (Lipinski definition) is 1. The van der Waals surface area contributed by atoms with Crippen LogP contribution >= 0.6 is 0 Å². The summed E-state index contributed by atoms with van der Waals surface area (Å²) in [5.41, 5.74) is 0. The molecule has 0 radical (unpaired) electrons. The van der Waals surface area contributed by atoms with Crippen LogP contribution in [0.1, 0.15) is 38.5 Å². The number of carbonyl (C=O) groups is 1. The molecule has 2 rings (SSSR count). The fourth-order valence-electron chi connectivity index (χ4n) is 3.70. The summed E-state index contributed by atoms with van der Waals surface area (Å²) in [5.74, 6) is 0.347. The van der Waals surface area contributed by atoms with Crippen molar-refractivity contribution in [1.82, 2.24) is 0 Å². The number of carbonyl (C=O) groups excluding carboxylic acids is 1. The van der Waals surface area contributed by atoms with Crippen LogP contribution in [0, 0.1) is 11.8 Å². The van der Waals surface area contributed by atoms with Gasteiger partial charge in [-0.05, 0) is 50.4 Å². The average Bonchev–Trinajstić information content (AvgIpc) is 2.61. The molecule has 2 saturated carbocycles. The zero-order valence-corrected chi connectivity index (χ0v) is 14.7. The summed E-state index contributed by atoms with van der Waals surface area (Å²) in [5, 5.41) is 9.82. The summed E-state index contributed by atoms with van der Waals surface area (Å²) in [6, 6.07) is 0. The third kappa shape index (κ3) is 5.16. The number of aliphatic hydroxyl groups excluding tert-OH is 1. The van der Waals surface area contributed by atoms with Gasteiger partial charge in [-0.15, -0.1) is 6.58 Å². The highest BCUT2D eigenvalue weighted by Crippen LogP contribution is 2.30. The molecule has 0 aromatic rings. The fourth-order valence-corrected chi connectivity index (χ4v) is 3.70. The van der Waals surface area contributed by atoms with Gasteiger partial charge < -0.3 is 19.3 Å². The first-order valence-electron chi connectivity index (χ1n) is 8.82. The molecule has 0 aromatic heterocycles. The van der Waals surface area contributed by atoms with Crippen LogP contribution in [0.15, 0.2) is 24.8 Å². The van der Waals surface area contributed by atoms with Gasteiger partial charge in [0.1, 0.15) is 6.10 Å². The number of rotatable bonds is 6. The summed E-state index contributed by atoms with van der Waals surface area (Å²) < 4.78 is 16.4. The molecule has 0 amide bonds. The van der Waals surface area contributed by atoms with Gasteiger partial charge in [0.2, 0.25) is 0 Å². The molecule has 0 bridgehead atoms. The van der Waals surface area contributed by atoms with E-state index in [-0.39, 0.29) is 30.2 Å². The van der Waals surface area contributed by atoms with Crippen LogP contribution in [0.3, 0.4) is 0 Å². The second-order valence-corrected chi connectivity index (χ2v) is 6.83. The van der Waals surface area contributed by atoms with Gasteiger partial charge in [0.25, 0.3) is 0 Å². The van der Waals surface area contributed by atoms with Crippen LogP contribution in [0.25, 0.3) is 0 Å². The van der Waals surface area contributed by atoms with E-state index < -0.39 is 6.10 Å². The van der Waals surface area contributed by atoms with Gasteiger partial charge in [0.15, 0.2) is 0 Å². The third-order valence-corrected chi connectivity index (χ3v) is 5.28. The second-order valence-electron chi connectivity index (χ2n) is 6.83. The fraction of sp³-hybridized carbons (Fsp3) is 0.737. The lowest BCUT2D eigenvalue weighted by molar-refractivity contribution is -0.154. The summed E-state index contributed by atoms with van der Waals surface area (Å²) in [6.45, 7) is 3.84. The van der Waals surface area contributed by atoms with Crippen molar-refractivity contribution >= 4 is 5.97 Å². The molecule has 6 atom stereocenters. The molecule has 24 heavy (non-hydrogen) atoms. The van der Waals surface area contributed by atoms with Crippen molar-refractivity contribution in [1.29, 1.82) is 0 Å². The summed E-state index contributed by atoms with van der Waals surface area (Å²) in [4.78, 5) is 12.1. The monoisotopic (exact) mass is 338 g/mol. The number of aliphatic hydroxyl groups is 1. The Morgan fingerprint density at radius 3 is 2.33 bits per heavy atom. The topological polar surface area (TPSA) is 65.0 Å². The largest absolute Gasteiger partial charge is 0.456 e.